The van der Waals surface area contributed by atoms with Crippen molar-refractivity contribution in [3.8, 4) is 11.5 Å². The molecule has 0 bridgehead atoms. The van der Waals surface area contributed by atoms with E-state index in [0.717, 1.165) is 15.5 Å². The number of nitrogens with one attached hydrogen (secondary N) is 1. The molecule has 0 aliphatic carbocycles. The Morgan fingerprint density at radius 3 is 2.25 bits per heavy atom. The lowest BCUT2D eigenvalue weighted by atomic mass is 10.1. The van der Waals surface area contributed by atoms with E-state index in [9.17, 15) is 19.2 Å². The Bertz CT molecular complexity index is 1000. The molecule has 0 saturated carbocycles. The lowest BCUT2D eigenvalue weighted by Crippen LogP contribution is -2.54. The summed E-state index contributed by atoms with van der Waals surface area (Å²) in [5.41, 5.74) is 3.54. The molecule has 0 radical (unpaired) electrons. The van der Waals surface area contributed by atoms with Crippen LogP contribution in [-0.4, -0.2) is 48.9 Å². The van der Waals surface area contributed by atoms with E-state index in [-0.39, 0.29) is 24.9 Å². The van der Waals surface area contributed by atoms with Crippen molar-refractivity contribution in [1.29, 1.82) is 0 Å². The third-order valence-electron chi connectivity index (χ3n) is 5.05. The Kier molecular flexibility index (Phi) is 7.09. The Hall–Kier alpha value is -3.88. The van der Waals surface area contributed by atoms with E-state index in [2.05, 4.69) is 5.43 Å². The first-order valence-corrected chi connectivity index (χ1v) is 10.1. The van der Waals surface area contributed by atoms with E-state index in [4.69, 9.17) is 9.47 Å². The first kappa shape index (κ1) is 22.8. The summed E-state index contributed by atoms with van der Waals surface area (Å²) in [6.07, 6.45) is -0.174. The molecule has 0 aromatic heterocycles. The lowest BCUT2D eigenvalue weighted by molar-refractivity contribution is -0.147. The maximum atomic E-state index is 13.2. The number of imide groups is 1. The predicted molar refractivity (Wildman–Crippen MR) is 116 cm³/mol. The van der Waals surface area contributed by atoms with Crippen molar-refractivity contribution < 1.29 is 28.7 Å². The molecule has 4 amide bonds. The summed E-state index contributed by atoms with van der Waals surface area (Å²) in [6.45, 7) is 1.62. The van der Waals surface area contributed by atoms with Crippen LogP contribution in [0, 0.1) is 0 Å². The molecule has 1 unspecified atom stereocenters. The van der Waals surface area contributed by atoms with Gasteiger partial charge in [0, 0.05) is 24.6 Å². The third kappa shape index (κ3) is 4.88. The number of nitrogens with zero attached hydrogens (tertiary/aromatic N) is 2. The summed E-state index contributed by atoms with van der Waals surface area (Å²) >= 11 is 0. The van der Waals surface area contributed by atoms with Crippen LogP contribution in [0.15, 0.2) is 48.5 Å². The van der Waals surface area contributed by atoms with Crippen LogP contribution in [0.2, 0.25) is 0 Å². The highest BCUT2D eigenvalue weighted by molar-refractivity contribution is 6.23. The van der Waals surface area contributed by atoms with Gasteiger partial charge in [-0.05, 0) is 5.56 Å². The zero-order valence-corrected chi connectivity index (χ0v) is 18.2. The third-order valence-corrected chi connectivity index (χ3v) is 5.05. The molecule has 1 heterocycles. The molecular weight excluding hydrogens is 414 g/mol. The highest BCUT2D eigenvalue weighted by atomic mass is 16.5. The molecule has 1 aliphatic heterocycles. The number of benzene rings is 2. The monoisotopic (exact) mass is 439 g/mol. The topological polar surface area (TPSA) is 105 Å². The summed E-state index contributed by atoms with van der Waals surface area (Å²) in [7, 11) is 2.91. The van der Waals surface area contributed by atoms with Crippen LogP contribution >= 0.6 is 0 Å². The number of hydrogen-bond acceptors (Lipinski definition) is 6. The molecular formula is C23H25N3O6. The summed E-state index contributed by atoms with van der Waals surface area (Å²) in [5, 5.41) is 0.975. The van der Waals surface area contributed by atoms with Crippen molar-refractivity contribution in [1.82, 2.24) is 10.4 Å². The van der Waals surface area contributed by atoms with E-state index >= 15 is 0 Å². The largest absolute Gasteiger partial charge is 0.497 e. The minimum absolute atomic E-state index is 0.0278. The number of methoxy groups -OCH3 is 2. The van der Waals surface area contributed by atoms with Crippen LogP contribution in [0.4, 0.5) is 5.69 Å². The van der Waals surface area contributed by atoms with E-state index in [1.54, 1.807) is 37.3 Å². The van der Waals surface area contributed by atoms with Gasteiger partial charge >= 0.3 is 0 Å². The fourth-order valence-corrected chi connectivity index (χ4v) is 3.45. The van der Waals surface area contributed by atoms with Gasteiger partial charge in [-0.25, -0.2) is 9.91 Å². The quantitative estimate of drug-likeness (QED) is 0.521. The smallest absolute Gasteiger partial charge is 0.259 e. The van der Waals surface area contributed by atoms with Crippen molar-refractivity contribution in [3.05, 3.63) is 54.1 Å². The van der Waals surface area contributed by atoms with E-state index in [1.165, 1.54) is 26.4 Å². The van der Waals surface area contributed by atoms with Crippen LogP contribution in [0.25, 0.3) is 0 Å². The van der Waals surface area contributed by atoms with E-state index < -0.39 is 29.7 Å². The molecule has 1 aliphatic rings. The summed E-state index contributed by atoms with van der Waals surface area (Å²) in [6, 6.07) is 12.5. The van der Waals surface area contributed by atoms with Crippen LogP contribution in [0.1, 0.15) is 25.3 Å². The number of hydrazine groups is 1. The van der Waals surface area contributed by atoms with Crippen molar-refractivity contribution in [3.63, 3.8) is 0 Å². The van der Waals surface area contributed by atoms with Crippen molar-refractivity contribution in [2.45, 2.75) is 32.2 Å². The van der Waals surface area contributed by atoms with Gasteiger partial charge in [-0.3, -0.25) is 24.6 Å². The van der Waals surface area contributed by atoms with Crippen LogP contribution < -0.4 is 19.8 Å². The van der Waals surface area contributed by atoms with Crippen molar-refractivity contribution in [2.24, 2.45) is 0 Å². The Morgan fingerprint density at radius 1 is 1.06 bits per heavy atom. The van der Waals surface area contributed by atoms with E-state index in [0.29, 0.717) is 11.5 Å². The summed E-state index contributed by atoms with van der Waals surface area (Å²) in [5.74, 6) is -1.24. The van der Waals surface area contributed by atoms with Gasteiger partial charge < -0.3 is 9.47 Å². The number of amides is 4. The van der Waals surface area contributed by atoms with Crippen molar-refractivity contribution in [2.75, 3.05) is 19.1 Å². The molecule has 3 rings (SSSR count). The number of carbonyl (C=O) groups excluding carboxylic acids is 4. The first-order chi connectivity index (χ1) is 15.4. The number of anilines is 1. The van der Waals surface area contributed by atoms with Crippen LogP contribution in [0.3, 0.4) is 0 Å². The molecule has 1 N–H and O–H groups in total. The maximum Gasteiger partial charge on any atom is 0.259 e. The fourth-order valence-electron chi connectivity index (χ4n) is 3.45. The second-order valence-electron chi connectivity index (χ2n) is 7.17. The standard InChI is InChI=1S/C23H25N3O6/c1-4-21(28)26(24-20(27)10-15-8-6-5-7-9-15)19-14-22(29)25(23(19)30)16-11-17(31-2)13-18(12-16)32-3/h5-9,11-13,19H,4,10,14H2,1-3H3,(H,24,27). The summed E-state index contributed by atoms with van der Waals surface area (Å²) < 4.78 is 10.4. The molecule has 1 atom stereocenters. The van der Waals surface area contributed by atoms with Gasteiger partial charge in [0.25, 0.3) is 5.91 Å². The number of rotatable bonds is 7. The number of hydrogen-bond donors (Lipinski definition) is 1. The lowest BCUT2D eigenvalue weighted by Gasteiger charge is -2.27. The number of ether oxygens (including phenoxy) is 2. The molecule has 2 aromatic rings. The fraction of sp³-hybridized carbons (Fsp3) is 0.304. The van der Waals surface area contributed by atoms with Gasteiger partial charge in [0.05, 0.1) is 32.7 Å². The average molecular weight is 439 g/mol. The highest BCUT2D eigenvalue weighted by Gasteiger charge is 2.45. The Labute approximate surface area is 185 Å². The Morgan fingerprint density at radius 2 is 1.69 bits per heavy atom. The zero-order valence-electron chi connectivity index (χ0n) is 18.2. The molecule has 32 heavy (non-hydrogen) atoms. The van der Waals surface area contributed by atoms with Gasteiger partial charge in [-0.2, -0.15) is 0 Å². The van der Waals surface area contributed by atoms with Crippen molar-refractivity contribution >= 4 is 29.3 Å². The second kappa shape index (κ2) is 9.95. The zero-order chi connectivity index (χ0) is 23.3. The molecule has 168 valence electrons. The van der Waals surface area contributed by atoms with E-state index in [1.807, 2.05) is 6.07 Å². The predicted octanol–water partition coefficient (Wildman–Crippen LogP) is 1.85. The van der Waals surface area contributed by atoms with Gasteiger partial charge in [0.15, 0.2) is 0 Å². The number of carbonyl (C=O) groups is 4. The minimum Gasteiger partial charge on any atom is -0.497 e. The first-order valence-electron chi connectivity index (χ1n) is 10.1. The van der Waals surface area contributed by atoms with Crippen LogP contribution in [-0.2, 0) is 25.6 Å². The van der Waals surface area contributed by atoms with Crippen LogP contribution in [0.5, 0.6) is 11.5 Å². The highest BCUT2D eigenvalue weighted by Crippen LogP contribution is 2.32. The second-order valence-corrected chi connectivity index (χ2v) is 7.17. The summed E-state index contributed by atoms with van der Waals surface area (Å²) in [4.78, 5) is 52.1. The van der Waals surface area contributed by atoms with Gasteiger partial charge in [0.2, 0.25) is 17.7 Å². The SMILES string of the molecule is CCC(=O)N(NC(=O)Cc1ccccc1)C1CC(=O)N(c2cc(OC)cc(OC)c2)C1=O. The minimum atomic E-state index is -1.15. The maximum absolute atomic E-state index is 13.2. The molecule has 1 saturated heterocycles. The molecule has 2 aromatic carbocycles. The van der Waals surface area contributed by atoms with Gasteiger partial charge in [0.1, 0.15) is 17.5 Å². The normalized spacial score (nSPS) is 15.5. The molecule has 9 heteroatoms. The van der Waals surface area contributed by atoms with Gasteiger partial charge in [-0.1, -0.05) is 37.3 Å². The molecule has 1 fully saturated rings. The Balaban J connectivity index is 1.84. The molecule has 0 spiro atoms. The average Bonchev–Trinajstić information content (AvgIpc) is 3.10. The van der Waals surface area contributed by atoms with Gasteiger partial charge in [-0.15, -0.1) is 0 Å². The molecule has 9 nitrogen and oxygen atoms in total.